The Labute approximate surface area is 105 Å². The number of benzene rings is 1. The van der Waals surface area contributed by atoms with Crippen molar-refractivity contribution in [1.29, 1.82) is 0 Å². The third-order valence-electron chi connectivity index (χ3n) is 2.43. The van der Waals surface area contributed by atoms with Crippen molar-refractivity contribution in [2.75, 3.05) is 0 Å². The average Bonchev–Trinajstić information content (AvgIpc) is 2.99. The number of thiophene rings is 1. The predicted molar refractivity (Wildman–Crippen MR) is 64.6 cm³/mol. The fourth-order valence-electron chi connectivity index (χ4n) is 1.59. The lowest BCUT2D eigenvalue weighted by atomic mass is 10.1. The van der Waals surface area contributed by atoms with E-state index in [0.29, 0.717) is 5.69 Å². The molecule has 3 nitrogen and oxygen atoms in total. The molecule has 0 aliphatic rings. The van der Waals surface area contributed by atoms with Gasteiger partial charge in [0, 0.05) is 11.6 Å². The first-order chi connectivity index (χ1) is 8.74. The van der Waals surface area contributed by atoms with Crippen molar-refractivity contribution in [2.45, 2.75) is 0 Å². The molecule has 90 valence electrons. The highest BCUT2D eigenvalue weighted by Gasteiger charge is 2.11. The highest BCUT2D eigenvalue weighted by Crippen LogP contribution is 2.22. The minimum atomic E-state index is -0.645. The lowest BCUT2D eigenvalue weighted by Gasteiger charge is -1.97. The predicted octanol–water partition coefficient (Wildman–Crippen LogP) is 3.27. The molecule has 2 heterocycles. The fraction of sp³-hybridized carbons (Fsp3) is 0. The van der Waals surface area contributed by atoms with Crippen LogP contribution in [0.3, 0.4) is 0 Å². The molecule has 0 fully saturated rings. The van der Waals surface area contributed by atoms with Gasteiger partial charge in [0.15, 0.2) is 0 Å². The summed E-state index contributed by atoms with van der Waals surface area (Å²) in [5.41, 5.74) is 0.611. The Bertz CT molecular complexity index is 676. The molecule has 0 N–H and O–H groups in total. The standard InChI is InChI=1S/C12H7F2N3S/c13-8-3-4-9(10(14)6-8)11-7-17(16-15-11)12-2-1-5-18-12/h1-7H. The largest absolute Gasteiger partial charge is 0.210 e. The Morgan fingerprint density at radius 1 is 1.17 bits per heavy atom. The molecule has 0 atom stereocenters. The Hall–Kier alpha value is -2.08. The van der Waals surface area contributed by atoms with Gasteiger partial charge in [-0.15, -0.1) is 16.4 Å². The lowest BCUT2D eigenvalue weighted by molar-refractivity contribution is 0.585. The Balaban J connectivity index is 2.03. The highest BCUT2D eigenvalue weighted by atomic mass is 32.1. The summed E-state index contributed by atoms with van der Waals surface area (Å²) in [7, 11) is 0. The number of hydrogen-bond acceptors (Lipinski definition) is 3. The van der Waals surface area contributed by atoms with Crippen molar-refractivity contribution < 1.29 is 8.78 Å². The zero-order valence-electron chi connectivity index (χ0n) is 9.05. The molecule has 0 aliphatic carbocycles. The number of nitrogens with zero attached hydrogens (tertiary/aromatic N) is 3. The molecule has 0 saturated carbocycles. The van der Waals surface area contributed by atoms with Crippen LogP contribution in [-0.4, -0.2) is 15.0 Å². The smallest absolute Gasteiger partial charge is 0.135 e. The third kappa shape index (κ3) is 1.91. The third-order valence-corrected chi connectivity index (χ3v) is 3.29. The van der Waals surface area contributed by atoms with Crippen LogP contribution in [0.15, 0.2) is 41.9 Å². The molecule has 1 aromatic carbocycles. The van der Waals surface area contributed by atoms with E-state index in [1.54, 1.807) is 10.9 Å². The summed E-state index contributed by atoms with van der Waals surface area (Å²) >= 11 is 1.50. The summed E-state index contributed by atoms with van der Waals surface area (Å²) in [5, 5.41) is 10.6. The fourth-order valence-corrected chi connectivity index (χ4v) is 2.24. The van der Waals surface area contributed by atoms with Gasteiger partial charge in [0.1, 0.15) is 22.3 Å². The molecule has 0 spiro atoms. The van der Waals surface area contributed by atoms with Gasteiger partial charge in [-0.1, -0.05) is 5.21 Å². The van der Waals surface area contributed by atoms with Crippen LogP contribution in [0, 0.1) is 11.6 Å². The first kappa shape index (κ1) is 11.0. The van der Waals surface area contributed by atoms with E-state index >= 15 is 0 Å². The van der Waals surface area contributed by atoms with E-state index < -0.39 is 11.6 Å². The van der Waals surface area contributed by atoms with Crippen molar-refractivity contribution in [2.24, 2.45) is 0 Å². The van der Waals surface area contributed by atoms with Gasteiger partial charge in [0.2, 0.25) is 0 Å². The van der Waals surface area contributed by atoms with Crippen LogP contribution in [0.2, 0.25) is 0 Å². The van der Waals surface area contributed by atoms with E-state index in [1.165, 1.54) is 23.5 Å². The van der Waals surface area contributed by atoms with Crippen LogP contribution < -0.4 is 0 Å². The second-order valence-corrected chi connectivity index (χ2v) is 4.55. The van der Waals surface area contributed by atoms with Gasteiger partial charge in [-0.25, -0.2) is 13.5 Å². The molecule has 3 aromatic rings. The summed E-state index contributed by atoms with van der Waals surface area (Å²) in [6.07, 6.45) is 1.61. The molecule has 18 heavy (non-hydrogen) atoms. The molecule has 3 rings (SSSR count). The van der Waals surface area contributed by atoms with Crippen LogP contribution in [0.25, 0.3) is 16.3 Å². The summed E-state index contributed by atoms with van der Waals surface area (Å²) in [4.78, 5) is 0. The Kier molecular flexibility index (Phi) is 2.64. The van der Waals surface area contributed by atoms with Crippen LogP contribution in [0.4, 0.5) is 8.78 Å². The minimum Gasteiger partial charge on any atom is -0.210 e. The Morgan fingerprint density at radius 3 is 2.78 bits per heavy atom. The molecule has 2 aromatic heterocycles. The van der Waals surface area contributed by atoms with E-state index in [0.717, 1.165) is 11.1 Å². The van der Waals surface area contributed by atoms with Gasteiger partial charge in [0.05, 0.1) is 6.20 Å². The second kappa shape index (κ2) is 4.30. The summed E-state index contributed by atoms with van der Waals surface area (Å²) in [5.74, 6) is -1.25. The van der Waals surface area contributed by atoms with E-state index in [9.17, 15) is 8.78 Å². The maximum absolute atomic E-state index is 13.6. The molecular weight excluding hydrogens is 256 g/mol. The summed E-state index contributed by atoms with van der Waals surface area (Å²) in [6.45, 7) is 0. The van der Waals surface area contributed by atoms with E-state index in [1.807, 2.05) is 17.5 Å². The first-order valence-electron chi connectivity index (χ1n) is 5.16. The number of hydrogen-bond donors (Lipinski definition) is 0. The molecule has 0 bridgehead atoms. The number of aromatic nitrogens is 3. The van der Waals surface area contributed by atoms with Gasteiger partial charge < -0.3 is 0 Å². The summed E-state index contributed by atoms with van der Waals surface area (Å²) in [6, 6.07) is 7.15. The van der Waals surface area contributed by atoms with Crippen molar-refractivity contribution in [3.05, 3.63) is 53.5 Å². The maximum atomic E-state index is 13.6. The number of halogens is 2. The van der Waals surface area contributed by atoms with Gasteiger partial charge in [-0.3, -0.25) is 0 Å². The minimum absolute atomic E-state index is 0.235. The average molecular weight is 263 g/mol. The zero-order valence-corrected chi connectivity index (χ0v) is 9.86. The van der Waals surface area contributed by atoms with Crippen molar-refractivity contribution >= 4 is 11.3 Å². The normalized spacial score (nSPS) is 10.8. The molecule has 6 heteroatoms. The van der Waals surface area contributed by atoms with Gasteiger partial charge in [-0.05, 0) is 29.6 Å². The van der Waals surface area contributed by atoms with Gasteiger partial charge >= 0.3 is 0 Å². The van der Waals surface area contributed by atoms with Gasteiger partial charge in [0.25, 0.3) is 0 Å². The molecule has 0 unspecified atom stereocenters. The number of rotatable bonds is 2. The first-order valence-corrected chi connectivity index (χ1v) is 6.03. The topological polar surface area (TPSA) is 30.7 Å². The summed E-state index contributed by atoms with van der Waals surface area (Å²) < 4.78 is 27.9. The van der Waals surface area contributed by atoms with Gasteiger partial charge in [-0.2, -0.15) is 0 Å². The van der Waals surface area contributed by atoms with Crippen LogP contribution in [0.5, 0.6) is 0 Å². The molecule has 0 saturated heterocycles. The zero-order chi connectivity index (χ0) is 12.5. The van der Waals surface area contributed by atoms with Crippen LogP contribution >= 0.6 is 11.3 Å². The molecular formula is C12H7F2N3S. The van der Waals surface area contributed by atoms with Crippen molar-refractivity contribution in [3.8, 4) is 16.3 Å². The quantitative estimate of drug-likeness (QED) is 0.710. The Morgan fingerprint density at radius 2 is 2.06 bits per heavy atom. The van der Waals surface area contributed by atoms with E-state index in [2.05, 4.69) is 10.3 Å². The molecule has 0 amide bonds. The monoisotopic (exact) mass is 263 g/mol. The molecule has 0 radical (unpaired) electrons. The highest BCUT2D eigenvalue weighted by molar-refractivity contribution is 7.12. The second-order valence-electron chi connectivity index (χ2n) is 3.62. The SMILES string of the molecule is Fc1ccc(-c2cn(-c3cccs3)nn2)c(F)c1. The van der Waals surface area contributed by atoms with Crippen LogP contribution in [-0.2, 0) is 0 Å². The van der Waals surface area contributed by atoms with Crippen LogP contribution in [0.1, 0.15) is 0 Å². The maximum Gasteiger partial charge on any atom is 0.135 e. The lowest BCUT2D eigenvalue weighted by Crippen LogP contribution is -1.89. The van der Waals surface area contributed by atoms with Crippen molar-refractivity contribution in [1.82, 2.24) is 15.0 Å². The van der Waals surface area contributed by atoms with E-state index in [4.69, 9.17) is 0 Å². The van der Waals surface area contributed by atoms with Crippen molar-refractivity contribution in [3.63, 3.8) is 0 Å². The van der Waals surface area contributed by atoms with E-state index in [-0.39, 0.29) is 5.56 Å². The molecule has 0 aliphatic heterocycles.